The van der Waals surface area contributed by atoms with Gasteiger partial charge in [0.25, 0.3) is 0 Å². The lowest BCUT2D eigenvalue weighted by Crippen LogP contribution is -2.37. The first-order valence-corrected chi connectivity index (χ1v) is 5.29. The van der Waals surface area contributed by atoms with Crippen molar-refractivity contribution in [1.29, 1.82) is 0 Å². The van der Waals surface area contributed by atoms with Gasteiger partial charge < -0.3 is 15.4 Å². The van der Waals surface area contributed by atoms with Crippen LogP contribution < -0.4 is 15.4 Å². The molecule has 0 aliphatic heterocycles. The van der Waals surface area contributed by atoms with Crippen LogP contribution in [0.4, 0.5) is 5.69 Å². The van der Waals surface area contributed by atoms with E-state index < -0.39 is 0 Å². The summed E-state index contributed by atoms with van der Waals surface area (Å²) < 4.78 is 5.19. The van der Waals surface area contributed by atoms with E-state index in [0.29, 0.717) is 12.6 Å². The van der Waals surface area contributed by atoms with E-state index in [9.17, 15) is 0 Å². The van der Waals surface area contributed by atoms with Crippen molar-refractivity contribution in [1.82, 2.24) is 0 Å². The fourth-order valence-electron chi connectivity index (χ4n) is 1.64. The Bertz CT molecular complexity index is 297. The molecular weight excluding hydrogens is 188 g/mol. The third-order valence-corrected chi connectivity index (χ3v) is 2.75. The van der Waals surface area contributed by atoms with Crippen LogP contribution in [0.1, 0.15) is 13.3 Å². The maximum absolute atomic E-state index is 5.72. The molecule has 15 heavy (non-hydrogen) atoms. The summed E-state index contributed by atoms with van der Waals surface area (Å²) in [6.45, 7) is 2.82. The SMILES string of the molecule is CCC(CN)N(C)c1cccc(OC)c1. The summed E-state index contributed by atoms with van der Waals surface area (Å²) in [6, 6.07) is 8.42. The van der Waals surface area contributed by atoms with Crippen LogP contribution in [0.25, 0.3) is 0 Å². The molecule has 3 nitrogen and oxygen atoms in total. The molecule has 0 saturated heterocycles. The zero-order valence-electron chi connectivity index (χ0n) is 9.73. The monoisotopic (exact) mass is 208 g/mol. The first-order valence-electron chi connectivity index (χ1n) is 5.29. The highest BCUT2D eigenvalue weighted by Gasteiger charge is 2.11. The Hall–Kier alpha value is -1.22. The van der Waals surface area contributed by atoms with Gasteiger partial charge in [-0.05, 0) is 18.6 Å². The topological polar surface area (TPSA) is 38.5 Å². The van der Waals surface area contributed by atoms with Crippen LogP contribution in [-0.4, -0.2) is 26.7 Å². The number of hydrogen-bond acceptors (Lipinski definition) is 3. The number of rotatable bonds is 5. The minimum Gasteiger partial charge on any atom is -0.497 e. The van der Waals surface area contributed by atoms with E-state index in [2.05, 4.69) is 24.9 Å². The standard InChI is InChI=1S/C12H20N2O/c1-4-10(9-13)14(2)11-6-5-7-12(8-11)15-3/h5-8,10H,4,9,13H2,1-3H3. The lowest BCUT2D eigenvalue weighted by Gasteiger charge is -2.28. The third-order valence-electron chi connectivity index (χ3n) is 2.75. The molecule has 0 spiro atoms. The predicted molar refractivity (Wildman–Crippen MR) is 64.5 cm³/mol. The molecule has 1 rings (SSSR count). The summed E-state index contributed by atoms with van der Waals surface area (Å²) in [7, 11) is 3.75. The second-order valence-electron chi connectivity index (χ2n) is 3.61. The van der Waals surface area contributed by atoms with Crippen molar-refractivity contribution in [3.8, 4) is 5.75 Å². The molecule has 0 radical (unpaired) electrons. The van der Waals surface area contributed by atoms with Crippen molar-refractivity contribution in [3.63, 3.8) is 0 Å². The molecule has 0 amide bonds. The molecule has 1 aromatic rings. The third kappa shape index (κ3) is 2.86. The summed E-state index contributed by atoms with van der Waals surface area (Å²) in [6.07, 6.45) is 1.05. The van der Waals surface area contributed by atoms with E-state index in [1.54, 1.807) is 7.11 Å². The molecule has 1 aromatic carbocycles. The van der Waals surface area contributed by atoms with Crippen LogP contribution >= 0.6 is 0 Å². The Balaban J connectivity index is 2.84. The number of hydrogen-bond donors (Lipinski definition) is 1. The molecule has 1 atom stereocenters. The van der Waals surface area contributed by atoms with E-state index in [4.69, 9.17) is 10.5 Å². The van der Waals surface area contributed by atoms with Gasteiger partial charge in [-0.3, -0.25) is 0 Å². The maximum Gasteiger partial charge on any atom is 0.120 e. The Morgan fingerprint density at radius 3 is 2.73 bits per heavy atom. The predicted octanol–water partition coefficient (Wildman–Crippen LogP) is 1.87. The van der Waals surface area contributed by atoms with Gasteiger partial charge in [0.2, 0.25) is 0 Å². The lowest BCUT2D eigenvalue weighted by molar-refractivity contribution is 0.414. The van der Waals surface area contributed by atoms with Crippen LogP contribution in [-0.2, 0) is 0 Å². The van der Waals surface area contributed by atoms with Crippen LogP contribution in [0.15, 0.2) is 24.3 Å². The van der Waals surface area contributed by atoms with Gasteiger partial charge in [0, 0.05) is 31.4 Å². The number of benzene rings is 1. The van der Waals surface area contributed by atoms with Gasteiger partial charge in [0.05, 0.1) is 7.11 Å². The number of nitrogens with two attached hydrogens (primary N) is 1. The smallest absolute Gasteiger partial charge is 0.120 e. The van der Waals surface area contributed by atoms with Gasteiger partial charge in [-0.1, -0.05) is 13.0 Å². The molecule has 0 aromatic heterocycles. The summed E-state index contributed by atoms with van der Waals surface area (Å²) in [5.74, 6) is 0.881. The van der Waals surface area contributed by atoms with Crippen molar-refractivity contribution >= 4 is 5.69 Å². The van der Waals surface area contributed by atoms with Gasteiger partial charge in [-0.25, -0.2) is 0 Å². The van der Waals surface area contributed by atoms with Crippen LogP contribution in [0, 0.1) is 0 Å². The van der Waals surface area contributed by atoms with E-state index in [1.807, 2.05) is 18.2 Å². The van der Waals surface area contributed by atoms with Crippen LogP contribution in [0.2, 0.25) is 0 Å². The summed E-state index contributed by atoms with van der Waals surface area (Å²) in [4.78, 5) is 2.20. The molecule has 2 N–H and O–H groups in total. The molecule has 0 bridgehead atoms. The van der Waals surface area contributed by atoms with Crippen molar-refractivity contribution in [2.45, 2.75) is 19.4 Å². The van der Waals surface area contributed by atoms with E-state index in [-0.39, 0.29) is 0 Å². The Labute approximate surface area is 91.8 Å². The number of anilines is 1. The van der Waals surface area contributed by atoms with E-state index in [0.717, 1.165) is 17.9 Å². The van der Waals surface area contributed by atoms with Crippen molar-refractivity contribution in [3.05, 3.63) is 24.3 Å². The number of likely N-dealkylation sites (N-methyl/N-ethyl adjacent to an activating group) is 1. The minimum atomic E-state index is 0.386. The van der Waals surface area contributed by atoms with Crippen LogP contribution in [0.5, 0.6) is 5.75 Å². The normalized spacial score (nSPS) is 12.3. The van der Waals surface area contributed by atoms with E-state index >= 15 is 0 Å². The molecule has 0 aliphatic rings. The molecule has 1 unspecified atom stereocenters. The summed E-state index contributed by atoms with van der Waals surface area (Å²) in [5, 5.41) is 0. The summed E-state index contributed by atoms with van der Waals surface area (Å²) >= 11 is 0. The van der Waals surface area contributed by atoms with Crippen molar-refractivity contribution < 1.29 is 4.74 Å². The molecular formula is C12H20N2O. The fourth-order valence-corrected chi connectivity index (χ4v) is 1.64. The Morgan fingerprint density at radius 2 is 2.20 bits per heavy atom. The fraction of sp³-hybridized carbons (Fsp3) is 0.500. The first kappa shape index (κ1) is 11.9. The van der Waals surface area contributed by atoms with Gasteiger partial charge in [0.15, 0.2) is 0 Å². The molecule has 84 valence electrons. The molecule has 0 fully saturated rings. The molecule has 0 heterocycles. The zero-order valence-corrected chi connectivity index (χ0v) is 9.73. The highest BCUT2D eigenvalue weighted by atomic mass is 16.5. The van der Waals surface area contributed by atoms with Crippen LogP contribution in [0.3, 0.4) is 0 Å². The maximum atomic E-state index is 5.72. The lowest BCUT2D eigenvalue weighted by atomic mass is 10.1. The molecule has 0 saturated carbocycles. The molecule has 0 aliphatic carbocycles. The second-order valence-corrected chi connectivity index (χ2v) is 3.61. The number of ether oxygens (including phenoxy) is 1. The zero-order chi connectivity index (χ0) is 11.3. The average Bonchev–Trinajstić information content (AvgIpc) is 2.30. The Morgan fingerprint density at radius 1 is 1.47 bits per heavy atom. The first-order chi connectivity index (χ1) is 7.22. The second kappa shape index (κ2) is 5.61. The Kier molecular flexibility index (Phi) is 4.43. The highest BCUT2D eigenvalue weighted by molar-refractivity contribution is 5.50. The quantitative estimate of drug-likeness (QED) is 0.802. The van der Waals surface area contributed by atoms with Gasteiger partial charge >= 0.3 is 0 Å². The summed E-state index contributed by atoms with van der Waals surface area (Å²) in [5.41, 5.74) is 6.86. The van der Waals surface area contributed by atoms with Crippen molar-refractivity contribution in [2.75, 3.05) is 25.6 Å². The van der Waals surface area contributed by atoms with Gasteiger partial charge in [-0.15, -0.1) is 0 Å². The minimum absolute atomic E-state index is 0.386. The number of methoxy groups -OCH3 is 1. The largest absolute Gasteiger partial charge is 0.497 e. The van der Waals surface area contributed by atoms with Gasteiger partial charge in [0.1, 0.15) is 5.75 Å². The van der Waals surface area contributed by atoms with Crippen molar-refractivity contribution in [2.24, 2.45) is 5.73 Å². The van der Waals surface area contributed by atoms with Gasteiger partial charge in [-0.2, -0.15) is 0 Å². The number of nitrogens with zero attached hydrogens (tertiary/aromatic N) is 1. The van der Waals surface area contributed by atoms with E-state index in [1.165, 1.54) is 0 Å². The average molecular weight is 208 g/mol. The highest BCUT2D eigenvalue weighted by Crippen LogP contribution is 2.21. The molecule has 3 heteroatoms.